The molecule has 1 amide bonds. The van der Waals surface area contributed by atoms with E-state index in [-0.39, 0.29) is 34.6 Å². The van der Waals surface area contributed by atoms with Gasteiger partial charge in [-0.1, -0.05) is 6.92 Å². The van der Waals surface area contributed by atoms with Crippen LogP contribution in [-0.4, -0.2) is 33.5 Å². The van der Waals surface area contributed by atoms with Crippen LogP contribution in [0.4, 0.5) is 17.6 Å². The molecule has 3 aromatic rings. The van der Waals surface area contributed by atoms with E-state index < -0.39 is 33.1 Å². The fraction of sp³-hybridized carbons (Fsp3) is 0.250. The number of hydrogen-bond acceptors (Lipinski definition) is 6. The molecule has 0 atom stereocenters. The lowest BCUT2D eigenvalue weighted by Gasteiger charge is -2.13. The summed E-state index contributed by atoms with van der Waals surface area (Å²) in [6, 6.07) is 7.02. The van der Waals surface area contributed by atoms with Crippen molar-refractivity contribution < 1.29 is 44.1 Å². The van der Waals surface area contributed by atoms with E-state index in [2.05, 4.69) is 9.50 Å². The van der Waals surface area contributed by atoms with Gasteiger partial charge < -0.3 is 18.7 Å². The summed E-state index contributed by atoms with van der Waals surface area (Å²) in [6.45, 7) is 1.77. The number of fused-ring (bicyclic) bond motifs is 1. The number of halogens is 4. The normalized spacial score (nSPS) is 12.1. The van der Waals surface area contributed by atoms with Crippen LogP contribution in [0.5, 0.6) is 11.5 Å². The molecule has 32 heavy (non-hydrogen) atoms. The Morgan fingerprint density at radius 2 is 1.78 bits per heavy atom. The first kappa shape index (κ1) is 23.4. The zero-order valence-electron chi connectivity index (χ0n) is 16.7. The molecule has 2 aromatic carbocycles. The molecule has 0 saturated carbocycles. The van der Waals surface area contributed by atoms with Crippen molar-refractivity contribution in [1.82, 2.24) is 5.32 Å². The number of carbonyl (C=O) groups excluding carboxylic acids is 1. The maximum atomic E-state index is 13.3. The third-order valence-corrected chi connectivity index (χ3v) is 5.23. The van der Waals surface area contributed by atoms with E-state index in [0.717, 1.165) is 24.3 Å². The molecule has 12 heteroatoms. The van der Waals surface area contributed by atoms with Crippen LogP contribution < -0.4 is 14.2 Å². The van der Waals surface area contributed by atoms with Crippen LogP contribution in [0.3, 0.4) is 0 Å². The van der Waals surface area contributed by atoms with Gasteiger partial charge in [-0.05, 0) is 36.8 Å². The molecule has 1 aromatic heterocycles. The van der Waals surface area contributed by atoms with Crippen molar-refractivity contribution in [2.45, 2.75) is 18.9 Å². The summed E-state index contributed by atoms with van der Waals surface area (Å²) in [6.07, 6.45) is 0.464. The second kappa shape index (κ2) is 8.69. The number of benzene rings is 2. The summed E-state index contributed by atoms with van der Waals surface area (Å²) in [5, 5.41) is 2.35. The Morgan fingerprint density at radius 1 is 1.12 bits per heavy atom. The molecule has 0 aliphatic carbocycles. The second-order valence-corrected chi connectivity index (χ2v) is 8.06. The van der Waals surface area contributed by atoms with Gasteiger partial charge in [0.05, 0.1) is 12.2 Å². The van der Waals surface area contributed by atoms with Crippen molar-refractivity contribution in [3.8, 4) is 22.8 Å². The summed E-state index contributed by atoms with van der Waals surface area (Å²) in [5.74, 6) is -2.30. The standard InChI is InChI=1S/C20H17F4NO6S/c1-3-8-29-15-10-14-13(9-16(15)31-32(27,28)20(22,23)24)17(19(26)25-2)18(30-14)11-4-6-12(21)7-5-11/h4-7,9-10H,3,8H2,1-2H3,(H,25,26). The molecule has 0 aliphatic rings. The maximum absolute atomic E-state index is 13.3. The molecular formula is C20H17F4NO6S. The lowest BCUT2D eigenvalue weighted by molar-refractivity contribution is -0.0500. The number of furan rings is 1. The summed E-state index contributed by atoms with van der Waals surface area (Å²) < 4.78 is 90.5. The third kappa shape index (κ3) is 4.49. The van der Waals surface area contributed by atoms with E-state index in [1.165, 1.54) is 19.2 Å². The predicted octanol–water partition coefficient (Wildman–Crippen LogP) is 4.62. The van der Waals surface area contributed by atoms with Crippen LogP contribution >= 0.6 is 0 Å². The molecule has 0 unspecified atom stereocenters. The molecular weight excluding hydrogens is 458 g/mol. The SMILES string of the molecule is CCCOc1cc2oc(-c3ccc(F)cc3)c(C(=O)NC)c2cc1OS(=O)(=O)C(F)(F)F. The summed E-state index contributed by atoms with van der Waals surface area (Å²) >= 11 is 0. The summed E-state index contributed by atoms with van der Waals surface area (Å²) in [4.78, 5) is 12.5. The van der Waals surface area contributed by atoms with Crippen LogP contribution in [0.15, 0.2) is 40.8 Å². The first-order chi connectivity index (χ1) is 15.0. The molecule has 3 rings (SSSR count). The number of hydrogen-bond donors (Lipinski definition) is 1. The lowest BCUT2D eigenvalue weighted by atomic mass is 10.0. The van der Waals surface area contributed by atoms with E-state index in [4.69, 9.17) is 9.15 Å². The zero-order valence-corrected chi connectivity index (χ0v) is 17.6. The monoisotopic (exact) mass is 475 g/mol. The number of nitrogens with one attached hydrogen (secondary N) is 1. The van der Waals surface area contributed by atoms with Gasteiger partial charge in [-0.25, -0.2) is 4.39 Å². The minimum atomic E-state index is -6.01. The van der Waals surface area contributed by atoms with E-state index in [1.807, 2.05) is 0 Å². The van der Waals surface area contributed by atoms with Gasteiger partial charge in [0.15, 0.2) is 11.5 Å². The zero-order chi connectivity index (χ0) is 23.7. The smallest absolute Gasteiger partial charge is 0.490 e. The first-order valence-electron chi connectivity index (χ1n) is 9.20. The highest BCUT2D eigenvalue weighted by Crippen LogP contribution is 2.41. The van der Waals surface area contributed by atoms with Crippen molar-refractivity contribution in [3.63, 3.8) is 0 Å². The van der Waals surface area contributed by atoms with E-state index in [0.29, 0.717) is 12.0 Å². The van der Waals surface area contributed by atoms with Crippen LogP contribution in [0.2, 0.25) is 0 Å². The van der Waals surface area contributed by atoms with Gasteiger partial charge in [0.25, 0.3) is 5.91 Å². The first-order valence-corrected chi connectivity index (χ1v) is 10.6. The highest BCUT2D eigenvalue weighted by molar-refractivity contribution is 7.88. The van der Waals surface area contributed by atoms with Gasteiger partial charge in [0, 0.05) is 24.1 Å². The Bertz CT molecular complexity index is 1250. The topological polar surface area (TPSA) is 94.8 Å². The Kier molecular flexibility index (Phi) is 6.35. The Hall–Kier alpha value is -3.28. The molecule has 1 N–H and O–H groups in total. The lowest BCUT2D eigenvalue weighted by Crippen LogP contribution is -2.28. The van der Waals surface area contributed by atoms with Crippen LogP contribution in [0.1, 0.15) is 23.7 Å². The molecule has 0 fully saturated rings. The maximum Gasteiger partial charge on any atom is 0.534 e. The predicted molar refractivity (Wildman–Crippen MR) is 106 cm³/mol. The minimum absolute atomic E-state index is 0.00313. The van der Waals surface area contributed by atoms with Crippen molar-refractivity contribution in [1.29, 1.82) is 0 Å². The van der Waals surface area contributed by atoms with Gasteiger partial charge in [-0.15, -0.1) is 0 Å². The number of carbonyl (C=O) groups is 1. The third-order valence-electron chi connectivity index (χ3n) is 4.26. The highest BCUT2D eigenvalue weighted by atomic mass is 32.2. The minimum Gasteiger partial charge on any atom is -0.490 e. The molecule has 0 bridgehead atoms. The molecule has 0 spiro atoms. The van der Waals surface area contributed by atoms with Gasteiger partial charge in [0.1, 0.15) is 17.2 Å². The Morgan fingerprint density at radius 3 is 2.34 bits per heavy atom. The fourth-order valence-electron chi connectivity index (χ4n) is 2.81. The average molecular weight is 475 g/mol. The largest absolute Gasteiger partial charge is 0.534 e. The van der Waals surface area contributed by atoms with E-state index in [9.17, 15) is 30.8 Å². The molecule has 0 aliphatic heterocycles. The van der Waals surface area contributed by atoms with Crippen molar-refractivity contribution in [3.05, 3.63) is 47.8 Å². The van der Waals surface area contributed by atoms with Gasteiger partial charge in [-0.2, -0.15) is 21.6 Å². The van der Waals surface area contributed by atoms with Gasteiger partial charge in [-0.3, -0.25) is 4.79 Å². The van der Waals surface area contributed by atoms with Crippen molar-refractivity contribution in [2.75, 3.05) is 13.7 Å². The molecule has 7 nitrogen and oxygen atoms in total. The van der Waals surface area contributed by atoms with Crippen LogP contribution in [0.25, 0.3) is 22.3 Å². The van der Waals surface area contributed by atoms with Crippen LogP contribution in [-0.2, 0) is 10.1 Å². The number of ether oxygens (including phenoxy) is 1. The van der Waals surface area contributed by atoms with Gasteiger partial charge >= 0.3 is 15.6 Å². The molecule has 0 radical (unpaired) electrons. The highest BCUT2D eigenvalue weighted by Gasteiger charge is 2.49. The summed E-state index contributed by atoms with van der Waals surface area (Å²) in [5.41, 5.74) is -5.46. The van der Waals surface area contributed by atoms with Crippen LogP contribution in [0, 0.1) is 5.82 Å². The van der Waals surface area contributed by atoms with Crippen molar-refractivity contribution in [2.24, 2.45) is 0 Å². The van der Waals surface area contributed by atoms with E-state index >= 15 is 0 Å². The Balaban J connectivity index is 2.27. The van der Waals surface area contributed by atoms with Crippen molar-refractivity contribution >= 4 is 27.0 Å². The molecule has 1 heterocycles. The Labute approximate surface area is 180 Å². The number of alkyl halides is 3. The molecule has 0 saturated heterocycles. The fourth-order valence-corrected chi connectivity index (χ4v) is 3.28. The second-order valence-electron chi connectivity index (χ2n) is 6.52. The number of rotatable bonds is 7. The quantitative estimate of drug-likeness (QED) is 0.305. The summed E-state index contributed by atoms with van der Waals surface area (Å²) in [7, 11) is -4.69. The van der Waals surface area contributed by atoms with E-state index in [1.54, 1.807) is 6.92 Å². The van der Waals surface area contributed by atoms with Gasteiger partial charge in [0.2, 0.25) is 0 Å². The number of amides is 1. The average Bonchev–Trinajstić information content (AvgIpc) is 3.09. The molecule has 172 valence electrons.